The number of methoxy groups -OCH3 is 1. The molecule has 2 atom stereocenters. The van der Waals surface area contributed by atoms with Crippen LogP contribution in [0, 0.1) is 11.8 Å². The lowest BCUT2D eigenvalue weighted by molar-refractivity contribution is -0.136. The lowest BCUT2D eigenvalue weighted by atomic mass is 9.83. The number of nitrogens with zero attached hydrogens (tertiary/aromatic N) is 3. The zero-order valence-corrected chi connectivity index (χ0v) is 18.9. The number of rotatable bonds is 6. The van der Waals surface area contributed by atoms with E-state index in [1.807, 2.05) is 11.0 Å². The van der Waals surface area contributed by atoms with Gasteiger partial charge in [0.2, 0.25) is 11.8 Å². The fourth-order valence-corrected chi connectivity index (χ4v) is 5.21. The van der Waals surface area contributed by atoms with Crippen molar-refractivity contribution in [3.05, 3.63) is 23.8 Å². The molecule has 32 heavy (non-hydrogen) atoms. The lowest BCUT2D eigenvalue weighted by Gasteiger charge is -2.49. The first-order chi connectivity index (χ1) is 15.6. The number of amides is 2. The normalized spacial score (nSPS) is 25.7. The summed E-state index contributed by atoms with van der Waals surface area (Å²) in [5.41, 5.74) is 2.37. The Labute approximate surface area is 189 Å². The molecule has 0 spiro atoms. The minimum atomic E-state index is -0.115. The molecule has 1 aromatic carbocycles. The van der Waals surface area contributed by atoms with E-state index in [0.717, 1.165) is 31.8 Å². The van der Waals surface area contributed by atoms with Crippen LogP contribution < -0.4 is 15.0 Å². The fourth-order valence-electron chi connectivity index (χ4n) is 5.21. The third kappa shape index (κ3) is 4.57. The Balaban J connectivity index is 1.32. The highest BCUT2D eigenvalue weighted by molar-refractivity contribution is 5.82. The van der Waals surface area contributed by atoms with Crippen LogP contribution in [0.25, 0.3) is 0 Å². The summed E-state index contributed by atoms with van der Waals surface area (Å²) in [7, 11) is 1.69. The molecular weight excluding hydrogens is 408 g/mol. The van der Waals surface area contributed by atoms with Gasteiger partial charge >= 0.3 is 0 Å². The number of piperazine rings is 1. The van der Waals surface area contributed by atoms with Crippen LogP contribution in [0.4, 0.5) is 5.69 Å². The minimum Gasteiger partial charge on any atom is -0.497 e. The van der Waals surface area contributed by atoms with Gasteiger partial charge < -0.3 is 24.6 Å². The van der Waals surface area contributed by atoms with E-state index in [0.29, 0.717) is 45.3 Å². The molecule has 3 fully saturated rings. The second kappa shape index (κ2) is 9.27. The molecule has 3 aliphatic heterocycles. The van der Waals surface area contributed by atoms with Crippen molar-refractivity contribution >= 4 is 17.5 Å². The summed E-state index contributed by atoms with van der Waals surface area (Å²) < 4.78 is 10.8. The molecule has 3 heterocycles. The first-order valence-electron chi connectivity index (χ1n) is 11.9. The molecule has 8 nitrogen and oxygen atoms in total. The maximum absolute atomic E-state index is 13.2. The molecule has 0 aromatic heterocycles. The SMILES string of the molecule is COc1ccc2c(c1)N1CCN(CC(=O)N3CCOCC3)C[C@@H]1[C@H](C(=O)NCC1CC1)C2. The predicted molar refractivity (Wildman–Crippen MR) is 121 cm³/mol. The minimum absolute atomic E-state index is 0.0556. The Hall–Kier alpha value is -2.32. The van der Waals surface area contributed by atoms with Crippen LogP contribution in [-0.2, 0) is 20.7 Å². The number of nitrogens with one attached hydrogen (secondary N) is 1. The number of hydrogen-bond donors (Lipinski definition) is 1. The summed E-state index contributed by atoms with van der Waals surface area (Å²) in [6.45, 7) is 6.08. The zero-order chi connectivity index (χ0) is 22.1. The highest BCUT2D eigenvalue weighted by Gasteiger charge is 2.42. The molecule has 1 N–H and O–H groups in total. The van der Waals surface area contributed by atoms with E-state index >= 15 is 0 Å². The van der Waals surface area contributed by atoms with Crippen LogP contribution in [0.1, 0.15) is 18.4 Å². The Morgan fingerprint density at radius 3 is 2.72 bits per heavy atom. The summed E-state index contributed by atoms with van der Waals surface area (Å²) in [6, 6.07) is 6.23. The lowest BCUT2D eigenvalue weighted by Crippen LogP contribution is -2.62. The average molecular weight is 443 g/mol. The predicted octanol–water partition coefficient (Wildman–Crippen LogP) is 0.743. The van der Waals surface area contributed by atoms with Crippen LogP contribution in [0.5, 0.6) is 5.75 Å². The molecule has 0 radical (unpaired) electrons. The van der Waals surface area contributed by atoms with Crippen molar-refractivity contribution in [2.24, 2.45) is 11.8 Å². The average Bonchev–Trinajstić information content (AvgIpc) is 3.66. The molecule has 1 aliphatic carbocycles. The van der Waals surface area contributed by atoms with Crippen molar-refractivity contribution in [3.63, 3.8) is 0 Å². The van der Waals surface area contributed by atoms with Crippen LogP contribution >= 0.6 is 0 Å². The number of fused-ring (bicyclic) bond motifs is 3. The van der Waals surface area contributed by atoms with Crippen molar-refractivity contribution in [1.82, 2.24) is 15.1 Å². The highest BCUT2D eigenvalue weighted by Crippen LogP contribution is 2.38. The van der Waals surface area contributed by atoms with Crippen molar-refractivity contribution in [3.8, 4) is 5.75 Å². The highest BCUT2D eigenvalue weighted by atomic mass is 16.5. The van der Waals surface area contributed by atoms with E-state index in [9.17, 15) is 9.59 Å². The Morgan fingerprint density at radius 1 is 1.16 bits per heavy atom. The van der Waals surface area contributed by atoms with Gasteiger partial charge in [-0.1, -0.05) is 6.07 Å². The molecule has 4 aliphatic rings. The molecule has 8 heteroatoms. The first-order valence-corrected chi connectivity index (χ1v) is 11.9. The number of hydrogen-bond acceptors (Lipinski definition) is 6. The molecule has 1 saturated carbocycles. The van der Waals surface area contributed by atoms with Gasteiger partial charge in [-0.25, -0.2) is 0 Å². The van der Waals surface area contributed by atoms with Gasteiger partial charge in [0.25, 0.3) is 0 Å². The third-order valence-corrected chi connectivity index (χ3v) is 7.33. The Kier molecular flexibility index (Phi) is 6.24. The fraction of sp³-hybridized carbons (Fsp3) is 0.667. The van der Waals surface area contributed by atoms with E-state index in [1.54, 1.807) is 7.11 Å². The number of morpholine rings is 1. The number of anilines is 1. The Morgan fingerprint density at radius 2 is 1.97 bits per heavy atom. The van der Waals surface area contributed by atoms with E-state index in [-0.39, 0.29) is 23.8 Å². The number of carbonyl (C=O) groups is 2. The number of carbonyl (C=O) groups excluding carboxylic acids is 2. The van der Waals surface area contributed by atoms with Crippen LogP contribution in [0.3, 0.4) is 0 Å². The first kappa shape index (κ1) is 21.5. The molecule has 174 valence electrons. The van der Waals surface area contributed by atoms with Crippen LogP contribution in [-0.4, -0.2) is 93.8 Å². The molecule has 2 saturated heterocycles. The smallest absolute Gasteiger partial charge is 0.236 e. The standard InChI is InChI=1S/C24H34N4O4/c1-31-19-5-4-18-12-20(24(30)25-14-17-2-3-17)22-15-26(6-7-28(22)21(18)13-19)16-23(29)27-8-10-32-11-9-27/h4-5,13,17,20,22H,2-3,6-12,14-16H2,1H3,(H,25,30)/t20-,22-/m1/s1. The van der Waals surface area contributed by atoms with Gasteiger partial charge in [0.1, 0.15) is 5.75 Å². The maximum atomic E-state index is 13.2. The molecule has 0 unspecified atom stereocenters. The summed E-state index contributed by atoms with van der Waals surface area (Å²) in [5, 5.41) is 3.21. The van der Waals surface area contributed by atoms with Gasteiger partial charge in [0.15, 0.2) is 0 Å². The summed E-state index contributed by atoms with van der Waals surface area (Å²) in [4.78, 5) is 32.6. The second-order valence-corrected chi connectivity index (χ2v) is 9.48. The third-order valence-electron chi connectivity index (χ3n) is 7.33. The second-order valence-electron chi connectivity index (χ2n) is 9.48. The van der Waals surface area contributed by atoms with Gasteiger partial charge in [0, 0.05) is 51.0 Å². The van der Waals surface area contributed by atoms with Crippen LogP contribution in [0.2, 0.25) is 0 Å². The van der Waals surface area contributed by atoms with Gasteiger partial charge in [-0.3, -0.25) is 14.5 Å². The molecule has 1 aromatic rings. The van der Waals surface area contributed by atoms with Gasteiger partial charge in [-0.05, 0) is 36.8 Å². The largest absolute Gasteiger partial charge is 0.497 e. The van der Waals surface area contributed by atoms with Crippen molar-refractivity contribution in [1.29, 1.82) is 0 Å². The molecule has 2 amide bonds. The van der Waals surface area contributed by atoms with Crippen LogP contribution in [0.15, 0.2) is 18.2 Å². The van der Waals surface area contributed by atoms with E-state index in [2.05, 4.69) is 27.2 Å². The topological polar surface area (TPSA) is 74.3 Å². The monoisotopic (exact) mass is 442 g/mol. The van der Waals surface area contributed by atoms with E-state index in [4.69, 9.17) is 9.47 Å². The van der Waals surface area contributed by atoms with Crippen molar-refractivity contribution < 1.29 is 19.1 Å². The van der Waals surface area contributed by atoms with E-state index in [1.165, 1.54) is 24.1 Å². The molecule has 5 rings (SSSR count). The van der Waals surface area contributed by atoms with Crippen molar-refractivity contribution in [2.75, 3.05) is 71.0 Å². The number of benzene rings is 1. The van der Waals surface area contributed by atoms with E-state index < -0.39 is 0 Å². The summed E-state index contributed by atoms with van der Waals surface area (Å²) in [6.07, 6.45) is 3.17. The summed E-state index contributed by atoms with van der Waals surface area (Å²) >= 11 is 0. The Bertz CT molecular complexity index is 852. The zero-order valence-electron chi connectivity index (χ0n) is 18.9. The van der Waals surface area contributed by atoms with Crippen molar-refractivity contribution in [2.45, 2.75) is 25.3 Å². The summed E-state index contributed by atoms with van der Waals surface area (Å²) in [5.74, 6) is 1.69. The van der Waals surface area contributed by atoms with Gasteiger partial charge in [-0.15, -0.1) is 0 Å². The molecular formula is C24H34N4O4. The van der Waals surface area contributed by atoms with Gasteiger partial charge in [-0.2, -0.15) is 0 Å². The quantitative estimate of drug-likeness (QED) is 0.701. The van der Waals surface area contributed by atoms with Gasteiger partial charge in [0.05, 0.1) is 38.8 Å². The maximum Gasteiger partial charge on any atom is 0.236 e. The molecule has 0 bridgehead atoms. The number of ether oxygens (including phenoxy) is 2.